The molecule has 1 aromatic carbocycles. The highest BCUT2D eigenvalue weighted by Crippen LogP contribution is 2.24. The number of aromatic nitrogens is 3. The smallest absolute Gasteiger partial charge is 0.297 e. The summed E-state index contributed by atoms with van der Waals surface area (Å²) < 4.78 is 8.51. The highest BCUT2D eigenvalue weighted by atomic mass is 16.3. The molecule has 0 atom stereocenters. The molecule has 1 saturated carbocycles. The van der Waals surface area contributed by atoms with Gasteiger partial charge in [-0.2, -0.15) is 0 Å². The van der Waals surface area contributed by atoms with Crippen molar-refractivity contribution < 1.29 is 9.21 Å². The van der Waals surface area contributed by atoms with E-state index in [0.29, 0.717) is 16.6 Å². The van der Waals surface area contributed by atoms with Crippen molar-refractivity contribution in [3.8, 4) is 0 Å². The summed E-state index contributed by atoms with van der Waals surface area (Å²) in [5.74, 6) is -0.246. The zero-order chi connectivity index (χ0) is 20.5. The maximum atomic E-state index is 13.0. The first-order chi connectivity index (χ1) is 14.7. The average molecular weight is 402 g/mol. The van der Waals surface area contributed by atoms with Crippen molar-refractivity contribution in [2.75, 3.05) is 0 Å². The number of benzene rings is 1. The molecule has 30 heavy (non-hydrogen) atoms. The number of rotatable bonds is 3. The first-order valence-corrected chi connectivity index (χ1v) is 10.3. The number of fused-ring (bicyclic) bond motifs is 3. The number of furan rings is 1. The quantitative estimate of drug-likeness (QED) is 0.525. The highest BCUT2D eigenvalue weighted by molar-refractivity contribution is 6.01. The Kier molecular flexibility index (Phi) is 4.78. The molecule has 1 fully saturated rings. The lowest BCUT2D eigenvalue weighted by atomic mass is 9.96. The van der Waals surface area contributed by atoms with Crippen LogP contribution in [0.5, 0.6) is 0 Å². The molecule has 1 aliphatic carbocycles. The molecule has 0 N–H and O–H groups in total. The molecule has 0 aliphatic heterocycles. The van der Waals surface area contributed by atoms with Crippen molar-refractivity contribution >= 4 is 28.0 Å². The number of pyridine rings is 1. The molecule has 3 aromatic heterocycles. The van der Waals surface area contributed by atoms with Gasteiger partial charge in [-0.25, -0.2) is 4.98 Å². The molecule has 3 heterocycles. The molecule has 0 saturated heterocycles. The maximum Gasteiger partial charge on any atom is 0.297 e. The molecule has 0 bridgehead atoms. The number of para-hydroxylation sites is 1. The molecule has 0 amide bonds. The van der Waals surface area contributed by atoms with Crippen LogP contribution < -0.4 is 11.0 Å². The summed E-state index contributed by atoms with van der Waals surface area (Å²) in [5.41, 5.74) is 1.54. The topological polar surface area (TPSA) is 82.4 Å². The standard InChI is InChI=1S/C23H22N4O3/c28-20(27-13-7-6-12-19(27)25-16-8-2-1-3-9-16)14-26-15-24-21-17-10-4-5-11-18(17)30-22(21)23(26)29/h4-7,10-13,15-16H,1-3,8-9,14H2. The van der Waals surface area contributed by atoms with Gasteiger partial charge in [0, 0.05) is 11.6 Å². The van der Waals surface area contributed by atoms with Crippen molar-refractivity contribution in [1.29, 1.82) is 0 Å². The maximum absolute atomic E-state index is 13.0. The second kappa shape index (κ2) is 7.74. The largest absolute Gasteiger partial charge is 0.448 e. The summed E-state index contributed by atoms with van der Waals surface area (Å²) in [4.78, 5) is 35.1. The third kappa shape index (κ3) is 3.36. The SMILES string of the molecule is O=C(Cn1cnc2c(oc3ccccc32)c1=O)n1ccccc1=NC1CCCCC1. The Morgan fingerprint density at radius 3 is 2.77 bits per heavy atom. The normalized spacial score (nSPS) is 15.8. The number of carbonyl (C=O) groups excluding carboxylic acids is 1. The van der Waals surface area contributed by atoms with E-state index in [9.17, 15) is 9.59 Å². The highest BCUT2D eigenvalue weighted by Gasteiger charge is 2.16. The zero-order valence-electron chi connectivity index (χ0n) is 16.5. The van der Waals surface area contributed by atoms with Crippen molar-refractivity contribution in [2.45, 2.75) is 44.7 Å². The van der Waals surface area contributed by atoms with E-state index in [4.69, 9.17) is 9.41 Å². The summed E-state index contributed by atoms with van der Waals surface area (Å²) in [6, 6.07) is 13.1. The second-order valence-corrected chi connectivity index (χ2v) is 7.70. The van der Waals surface area contributed by atoms with E-state index in [1.807, 2.05) is 30.3 Å². The zero-order valence-corrected chi connectivity index (χ0v) is 16.5. The van der Waals surface area contributed by atoms with Crippen LogP contribution in [0.25, 0.3) is 22.1 Å². The summed E-state index contributed by atoms with van der Waals surface area (Å²) in [7, 11) is 0. The molecule has 7 nitrogen and oxygen atoms in total. The van der Waals surface area contributed by atoms with E-state index < -0.39 is 0 Å². The van der Waals surface area contributed by atoms with Gasteiger partial charge in [0.05, 0.1) is 12.4 Å². The van der Waals surface area contributed by atoms with E-state index in [1.54, 1.807) is 18.3 Å². The van der Waals surface area contributed by atoms with Crippen LogP contribution in [0.15, 0.2) is 69.2 Å². The van der Waals surface area contributed by atoms with Gasteiger partial charge in [-0.05, 0) is 37.1 Å². The van der Waals surface area contributed by atoms with Gasteiger partial charge < -0.3 is 4.42 Å². The lowest BCUT2D eigenvalue weighted by Crippen LogP contribution is -2.33. The van der Waals surface area contributed by atoms with Crippen LogP contribution in [0.1, 0.15) is 36.9 Å². The lowest BCUT2D eigenvalue weighted by Gasteiger charge is -2.17. The number of carbonyl (C=O) groups is 1. The molecule has 152 valence electrons. The van der Waals surface area contributed by atoms with E-state index in [0.717, 1.165) is 18.2 Å². The summed E-state index contributed by atoms with van der Waals surface area (Å²) in [6.07, 6.45) is 8.81. The Morgan fingerprint density at radius 2 is 1.90 bits per heavy atom. The fourth-order valence-electron chi connectivity index (χ4n) is 4.10. The van der Waals surface area contributed by atoms with Gasteiger partial charge in [0.2, 0.25) is 5.58 Å². The molecule has 4 aromatic rings. The van der Waals surface area contributed by atoms with E-state index in [-0.39, 0.29) is 29.6 Å². The molecule has 7 heteroatoms. The third-order valence-corrected chi connectivity index (χ3v) is 5.65. The Balaban J connectivity index is 1.49. The lowest BCUT2D eigenvalue weighted by molar-refractivity contribution is 0.0883. The minimum absolute atomic E-state index is 0.138. The van der Waals surface area contributed by atoms with Gasteiger partial charge in [-0.15, -0.1) is 0 Å². The number of hydrogen-bond donors (Lipinski definition) is 0. The Labute approximate surface area is 172 Å². The van der Waals surface area contributed by atoms with E-state index >= 15 is 0 Å². The molecular formula is C23H22N4O3. The fourth-order valence-corrected chi connectivity index (χ4v) is 4.10. The molecule has 1 aliphatic rings. The first-order valence-electron chi connectivity index (χ1n) is 10.3. The Bertz CT molecular complexity index is 1360. The van der Waals surface area contributed by atoms with Gasteiger partial charge in [-0.1, -0.05) is 37.5 Å². The molecule has 0 radical (unpaired) electrons. The fraction of sp³-hybridized carbons (Fsp3) is 0.304. The summed E-state index contributed by atoms with van der Waals surface area (Å²) in [5, 5.41) is 0.786. The third-order valence-electron chi connectivity index (χ3n) is 5.65. The second-order valence-electron chi connectivity index (χ2n) is 7.70. The predicted octanol–water partition coefficient (Wildman–Crippen LogP) is 3.52. The van der Waals surface area contributed by atoms with Crippen molar-refractivity contribution in [3.05, 3.63) is 70.8 Å². The summed E-state index contributed by atoms with van der Waals surface area (Å²) in [6.45, 7) is -0.138. The van der Waals surface area contributed by atoms with Crippen LogP contribution in [0.2, 0.25) is 0 Å². The van der Waals surface area contributed by atoms with Gasteiger partial charge in [0.15, 0.2) is 0 Å². The average Bonchev–Trinajstić information content (AvgIpc) is 3.16. The summed E-state index contributed by atoms with van der Waals surface area (Å²) >= 11 is 0. The Hall–Kier alpha value is -3.48. The van der Waals surface area contributed by atoms with Gasteiger partial charge in [-0.3, -0.25) is 23.7 Å². The van der Waals surface area contributed by atoms with Crippen LogP contribution >= 0.6 is 0 Å². The minimum Gasteiger partial charge on any atom is -0.448 e. The minimum atomic E-state index is -0.369. The van der Waals surface area contributed by atoms with Gasteiger partial charge in [0.25, 0.3) is 11.5 Å². The molecule has 0 spiro atoms. The predicted molar refractivity (Wildman–Crippen MR) is 113 cm³/mol. The number of hydrogen-bond acceptors (Lipinski definition) is 5. The van der Waals surface area contributed by atoms with E-state index in [2.05, 4.69) is 4.98 Å². The van der Waals surface area contributed by atoms with Crippen molar-refractivity contribution in [1.82, 2.24) is 14.1 Å². The Morgan fingerprint density at radius 1 is 1.10 bits per heavy atom. The molecular weight excluding hydrogens is 380 g/mol. The molecule has 0 unspecified atom stereocenters. The van der Waals surface area contributed by atoms with Crippen LogP contribution in [0.4, 0.5) is 0 Å². The van der Waals surface area contributed by atoms with Crippen LogP contribution in [-0.2, 0) is 6.54 Å². The van der Waals surface area contributed by atoms with Gasteiger partial charge >= 0.3 is 0 Å². The van der Waals surface area contributed by atoms with Crippen LogP contribution in [0.3, 0.4) is 0 Å². The van der Waals surface area contributed by atoms with Crippen molar-refractivity contribution in [2.24, 2.45) is 4.99 Å². The van der Waals surface area contributed by atoms with Gasteiger partial charge in [0.1, 0.15) is 23.1 Å². The first kappa shape index (κ1) is 18.5. The van der Waals surface area contributed by atoms with E-state index in [1.165, 1.54) is 34.7 Å². The number of nitrogens with zero attached hydrogens (tertiary/aromatic N) is 4. The monoisotopic (exact) mass is 402 g/mol. The van der Waals surface area contributed by atoms with Crippen LogP contribution in [-0.4, -0.2) is 26.1 Å². The van der Waals surface area contributed by atoms with Crippen LogP contribution in [0, 0.1) is 0 Å². The molecule has 5 rings (SSSR count). The van der Waals surface area contributed by atoms with Crippen molar-refractivity contribution in [3.63, 3.8) is 0 Å².